The van der Waals surface area contributed by atoms with Gasteiger partial charge in [-0.25, -0.2) is 0 Å². The third-order valence-electron chi connectivity index (χ3n) is 4.24. The van der Waals surface area contributed by atoms with Crippen molar-refractivity contribution in [1.82, 2.24) is 0 Å². The normalized spacial score (nSPS) is 12.2. The molecule has 0 radical (unpaired) electrons. The Morgan fingerprint density at radius 1 is 0.500 bits per heavy atom. The molecule has 0 nitrogen and oxygen atoms in total. The summed E-state index contributed by atoms with van der Waals surface area (Å²) < 4.78 is 0. The van der Waals surface area contributed by atoms with Crippen molar-refractivity contribution < 1.29 is 4.70 Å². The zero-order valence-electron chi connectivity index (χ0n) is 13.4. The largest absolute Gasteiger partial charge is 0.269 e. The van der Waals surface area contributed by atoms with Crippen LogP contribution < -0.4 is 0 Å². The van der Waals surface area contributed by atoms with Crippen LogP contribution >= 0.6 is 7.26 Å². The van der Waals surface area contributed by atoms with Gasteiger partial charge in [0.05, 0.1) is 0 Å². The van der Waals surface area contributed by atoms with Gasteiger partial charge in [0.25, 0.3) is 0 Å². The number of halogens is 1. The van der Waals surface area contributed by atoms with Crippen LogP contribution in [0.3, 0.4) is 0 Å². The smallest absolute Gasteiger partial charge is 0.269 e. The van der Waals surface area contributed by atoms with Crippen LogP contribution in [-0.4, -0.2) is 24.6 Å². The molecule has 0 aliphatic rings. The monoisotopic (exact) mass is 280 g/mol. The molecule has 0 fully saturated rings. The van der Waals surface area contributed by atoms with Gasteiger partial charge in [0.15, 0.2) is 0 Å². The molecular formula is C16H38FP. The van der Waals surface area contributed by atoms with Gasteiger partial charge in [0.1, 0.15) is 0 Å². The van der Waals surface area contributed by atoms with E-state index in [1.54, 1.807) is 24.6 Å². The summed E-state index contributed by atoms with van der Waals surface area (Å²) in [4.78, 5) is 0. The van der Waals surface area contributed by atoms with E-state index in [1.807, 2.05) is 0 Å². The Kier molecular flexibility index (Phi) is 15.8. The van der Waals surface area contributed by atoms with Crippen molar-refractivity contribution in [3.05, 3.63) is 0 Å². The maximum Gasteiger partial charge on any atom is -0.269 e. The summed E-state index contributed by atoms with van der Waals surface area (Å²) in [6.07, 6.45) is 18.1. The van der Waals surface area contributed by atoms with E-state index in [2.05, 4.69) is 27.7 Å². The predicted molar refractivity (Wildman–Crippen MR) is 89.9 cm³/mol. The Balaban J connectivity index is 0. The molecule has 0 aromatic rings. The Morgan fingerprint density at radius 3 is 0.889 bits per heavy atom. The number of unbranched alkanes of at least 4 members (excludes halogenated alkanes) is 4. The summed E-state index contributed by atoms with van der Waals surface area (Å²) in [5.74, 6) is 0. The van der Waals surface area contributed by atoms with Crippen molar-refractivity contribution in [3.63, 3.8) is 0 Å². The van der Waals surface area contributed by atoms with Crippen LogP contribution in [0.5, 0.6) is 0 Å². The first kappa shape index (κ1) is 20.7. The van der Waals surface area contributed by atoms with E-state index in [4.69, 9.17) is 0 Å². The topological polar surface area (TPSA) is 0 Å². The molecule has 18 heavy (non-hydrogen) atoms. The molecule has 0 saturated heterocycles. The second-order valence-electron chi connectivity index (χ2n) is 5.91. The van der Waals surface area contributed by atoms with E-state index >= 15 is 0 Å². The van der Waals surface area contributed by atoms with E-state index in [0.717, 1.165) is 0 Å². The van der Waals surface area contributed by atoms with Crippen LogP contribution in [0.15, 0.2) is 0 Å². The SMILES string of the molecule is CCCC[PH](CCCC)(CCCC)CCCC.F. The fourth-order valence-corrected chi connectivity index (χ4v) is 8.87. The number of hydrogen-bond donors (Lipinski definition) is 0. The Labute approximate surface area is 116 Å². The Morgan fingerprint density at radius 2 is 0.722 bits per heavy atom. The molecule has 0 aromatic heterocycles. The van der Waals surface area contributed by atoms with Gasteiger partial charge in [-0.15, -0.1) is 0 Å². The van der Waals surface area contributed by atoms with Crippen LogP contribution in [0.4, 0.5) is 4.70 Å². The van der Waals surface area contributed by atoms with Gasteiger partial charge >= 0.3 is 111 Å². The van der Waals surface area contributed by atoms with Gasteiger partial charge in [0, 0.05) is 0 Å². The molecule has 0 aliphatic heterocycles. The molecule has 0 heterocycles. The Hall–Kier alpha value is 0.360. The maximum atomic E-state index is 2.36. The van der Waals surface area contributed by atoms with Gasteiger partial charge in [-0.3, -0.25) is 4.70 Å². The average Bonchev–Trinajstić information content (AvgIpc) is 2.37. The number of hydrogen-bond acceptors (Lipinski definition) is 0. The molecule has 0 amide bonds. The molecule has 0 spiro atoms. The zero-order valence-corrected chi connectivity index (χ0v) is 14.4. The van der Waals surface area contributed by atoms with Crippen LogP contribution in [0.2, 0.25) is 0 Å². The zero-order chi connectivity index (χ0) is 13.0. The van der Waals surface area contributed by atoms with E-state index in [0.29, 0.717) is 0 Å². The predicted octanol–water partition coefficient (Wildman–Crippen LogP) is 6.09. The molecule has 0 unspecified atom stereocenters. The summed E-state index contributed by atoms with van der Waals surface area (Å²) in [7, 11) is -0.879. The van der Waals surface area contributed by atoms with E-state index in [9.17, 15) is 0 Å². The second kappa shape index (κ2) is 13.8. The van der Waals surface area contributed by atoms with Gasteiger partial charge in [-0.1, -0.05) is 0 Å². The Bertz CT molecular complexity index is 122. The maximum absolute atomic E-state index is 2.36. The van der Waals surface area contributed by atoms with E-state index < -0.39 is 7.26 Å². The third-order valence-corrected chi connectivity index (χ3v) is 9.90. The van der Waals surface area contributed by atoms with Gasteiger partial charge in [-0.2, -0.15) is 0 Å². The molecule has 0 atom stereocenters. The fourth-order valence-electron chi connectivity index (χ4n) is 2.96. The van der Waals surface area contributed by atoms with Gasteiger partial charge in [-0.05, 0) is 0 Å². The van der Waals surface area contributed by atoms with E-state index in [-0.39, 0.29) is 4.70 Å². The van der Waals surface area contributed by atoms with Crippen LogP contribution in [0.1, 0.15) is 79.1 Å². The molecule has 2 heteroatoms. The summed E-state index contributed by atoms with van der Waals surface area (Å²) in [5, 5.41) is 0. The molecule has 0 rings (SSSR count). The molecule has 0 aliphatic carbocycles. The third kappa shape index (κ3) is 9.31. The van der Waals surface area contributed by atoms with Crippen molar-refractivity contribution in [1.29, 1.82) is 0 Å². The first-order valence-electron chi connectivity index (χ1n) is 8.24. The van der Waals surface area contributed by atoms with Crippen LogP contribution in [-0.2, 0) is 0 Å². The summed E-state index contributed by atoms with van der Waals surface area (Å²) in [6.45, 7) is 9.44. The molecule has 0 saturated carbocycles. The van der Waals surface area contributed by atoms with Crippen molar-refractivity contribution in [2.75, 3.05) is 24.6 Å². The van der Waals surface area contributed by atoms with Crippen LogP contribution in [0, 0.1) is 0 Å². The number of rotatable bonds is 12. The first-order valence-corrected chi connectivity index (χ1v) is 11.1. The summed E-state index contributed by atoms with van der Waals surface area (Å²) in [5.41, 5.74) is 0. The van der Waals surface area contributed by atoms with Crippen molar-refractivity contribution in [3.8, 4) is 0 Å². The molecule has 114 valence electrons. The molecular weight excluding hydrogens is 242 g/mol. The van der Waals surface area contributed by atoms with Gasteiger partial charge in [0.2, 0.25) is 0 Å². The van der Waals surface area contributed by atoms with Crippen molar-refractivity contribution in [2.45, 2.75) is 79.1 Å². The minimum atomic E-state index is -0.879. The fraction of sp³-hybridized carbons (Fsp3) is 1.00. The van der Waals surface area contributed by atoms with Crippen LogP contribution in [0.25, 0.3) is 0 Å². The minimum absolute atomic E-state index is 0. The average molecular weight is 280 g/mol. The summed E-state index contributed by atoms with van der Waals surface area (Å²) in [6, 6.07) is 0. The minimum Gasteiger partial charge on any atom is -0.269 e. The van der Waals surface area contributed by atoms with E-state index in [1.165, 1.54) is 51.4 Å². The quantitative estimate of drug-likeness (QED) is 0.379. The van der Waals surface area contributed by atoms with Gasteiger partial charge < -0.3 is 0 Å². The second-order valence-corrected chi connectivity index (χ2v) is 10.9. The molecule has 0 aromatic carbocycles. The molecule has 0 bridgehead atoms. The van der Waals surface area contributed by atoms with Crippen molar-refractivity contribution in [2.24, 2.45) is 0 Å². The van der Waals surface area contributed by atoms with Crippen molar-refractivity contribution >= 4 is 7.26 Å². The summed E-state index contributed by atoms with van der Waals surface area (Å²) >= 11 is 0. The first-order chi connectivity index (χ1) is 8.24. The molecule has 0 N–H and O–H groups in total. The standard InChI is InChI=1S/C16H37P.FH/c1-5-9-13-17(14-10-6-2,15-11-7-3)16-12-8-4;/h17H,5-16H2,1-4H3;1H.